The summed E-state index contributed by atoms with van der Waals surface area (Å²) in [5.41, 5.74) is 5.61. The van der Waals surface area contributed by atoms with Crippen LogP contribution in [-0.4, -0.2) is 33.0 Å². The van der Waals surface area contributed by atoms with Crippen LogP contribution in [0, 0.1) is 11.3 Å². The number of nitriles is 1. The molecule has 0 spiro atoms. The maximum Gasteiger partial charge on any atom is 0.159 e. The number of nitrogens with zero attached hydrogens (tertiary/aromatic N) is 6. The zero-order chi connectivity index (χ0) is 20.3. The Kier molecular flexibility index (Phi) is 4.78. The minimum atomic E-state index is 0.429. The first-order chi connectivity index (χ1) is 14.8. The van der Waals surface area contributed by atoms with E-state index in [0.29, 0.717) is 11.6 Å². The van der Waals surface area contributed by atoms with Crippen molar-refractivity contribution in [3.05, 3.63) is 78.6 Å². The first-order valence-electron chi connectivity index (χ1n) is 10.1. The third-order valence-electron chi connectivity index (χ3n) is 5.72. The highest BCUT2D eigenvalue weighted by Crippen LogP contribution is 2.30. The minimum absolute atomic E-state index is 0.429. The number of pyridine rings is 4. The summed E-state index contributed by atoms with van der Waals surface area (Å²) in [4.78, 5) is 20.1. The van der Waals surface area contributed by atoms with Crippen molar-refractivity contribution in [2.45, 2.75) is 18.8 Å². The zero-order valence-corrected chi connectivity index (χ0v) is 16.4. The van der Waals surface area contributed by atoms with Crippen LogP contribution < -0.4 is 4.90 Å². The van der Waals surface area contributed by atoms with Crippen molar-refractivity contribution in [2.24, 2.45) is 0 Å². The maximum atomic E-state index is 8.91. The van der Waals surface area contributed by atoms with Gasteiger partial charge < -0.3 is 4.90 Å². The molecule has 4 aromatic rings. The molecule has 5 heterocycles. The maximum absolute atomic E-state index is 8.91. The van der Waals surface area contributed by atoms with Crippen LogP contribution in [0.4, 0.5) is 5.69 Å². The van der Waals surface area contributed by atoms with Gasteiger partial charge in [0.05, 0.1) is 11.9 Å². The number of fused-ring (bicyclic) bond motifs is 1. The van der Waals surface area contributed by atoms with E-state index in [1.807, 2.05) is 24.4 Å². The first kappa shape index (κ1) is 18.2. The second-order valence-corrected chi connectivity index (χ2v) is 7.52. The monoisotopic (exact) mass is 392 g/mol. The van der Waals surface area contributed by atoms with Gasteiger partial charge in [-0.3, -0.25) is 4.98 Å². The van der Waals surface area contributed by atoms with E-state index in [0.717, 1.165) is 59.5 Å². The number of hydrogen-bond donors (Lipinski definition) is 0. The quantitative estimate of drug-likeness (QED) is 0.516. The molecule has 0 amide bonds. The van der Waals surface area contributed by atoms with E-state index in [-0.39, 0.29) is 0 Å². The van der Waals surface area contributed by atoms with Crippen LogP contribution in [0.5, 0.6) is 0 Å². The molecule has 6 heteroatoms. The van der Waals surface area contributed by atoms with Crippen LogP contribution in [0.3, 0.4) is 0 Å². The molecule has 1 fully saturated rings. The zero-order valence-electron chi connectivity index (χ0n) is 16.4. The van der Waals surface area contributed by atoms with Gasteiger partial charge in [-0.2, -0.15) is 5.26 Å². The van der Waals surface area contributed by atoms with Gasteiger partial charge in [0.15, 0.2) is 5.65 Å². The molecule has 30 heavy (non-hydrogen) atoms. The Hall–Kier alpha value is -3.85. The summed E-state index contributed by atoms with van der Waals surface area (Å²) in [6.07, 6.45) is 9.33. The lowest BCUT2D eigenvalue weighted by Crippen LogP contribution is -2.33. The predicted octanol–water partition coefficient (Wildman–Crippen LogP) is 4.34. The molecule has 6 nitrogen and oxygen atoms in total. The summed E-state index contributed by atoms with van der Waals surface area (Å²) in [6, 6.07) is 16.2. The molecule has 0 unspecified atom stereocenters. The molecule has 4 aromatic heterocycles. The van der Waals surface area contributed by atoms with E-state index in [1.165, 1.54) is 0 Å². The lowest BCUT2D eigenvalue weighted by atomic mass is 9.92. The Bertz CT molecular complexity index is 1210. The van der Waals surface area contributed by atoms with Gasteiger partial charge in [0, 0.05) is 54.2 Å². The molecule has 146 valence electrons. The summed E-state index contributed by atoms with van der Waals surface area (Å²) in [7, 11) is 0. The molecule has 5 rings (SSSR count). The fourth-order valence-electron chi connectivity index (χ4n) is 4.03. The number of anilines is 1. The Morgan fingerprint density at radius 3 is 2.47 bits per heavy atom. The fourth-order valence-corrected chi connectivity index (χ4v) is 4.03. The lowest BCUT2D eigenvalue weighted by Gasteiger charge is -2.33. The summed E-state index contributed by atoms with van der Waals surface area (Å²) < 4.78 is 0. The van der Waals surface area contributed by atoms with Crippen molar-refractivity contribution in [2.75, 3.05) is 18.0 Å². The SMILES string of the molecule is N#Cc1ccc(N2CCC(c3ccc4cc(-c5ccncc5)cnc4n3)CC2)cn1. The number of rotatable bonds is 3. The Labute approximate surface area is 174 Å². The van der Waals surface area contributed by atoms with Crippen LogP contribution >= 0.6 is 0 Å². The normalized spacial score (nSPS) is 14.6. The first-order valence-corrected chi connectivity index (χ1v) is 10.1. The lowest BCUT2D eigenvalue weighted by molar-refractivity contribution is 0.497. The summed E-state index contributed by atoms with van der Waals surface area (Å²) in [6.45, 7) is 1.90. The molecular weight excluding hydrogens is 372 g/mol. The minimum Gasteiger partial charge on any atom is -0.370 e. The molecule has 0 aromatic carbocycles. The molecule has 1 aliphatic heterocycles. The standard InChI is InChI=1S/C24H20N6/c25-14-21-2-3-22(16-27-21)30-11-7-18(8-12-30)23-4-1-19-13-20(15-28-24(19)29-23)17-5-9-26-10-6-17/h1-6,9-10,13,15-16,18H,7-8,11-12H2. The van der Waals surface area contributed by atoms with Gasteiger partial charge in [-0.25, -0.2) is 15.0 Å². The smallest absolute Gasteiger partial charge is 0.159 e. The van der Waals surface area contributed by atoms with Crippen molar-refractivity contribution in [1.29, 1.82) is 5.26 Å². The Morgan fingerprint density at radius 2 is 1.73 bits per heavy atom. The van der Waals surface area contributed by atoms with E-state index in [1.54, 1.807) is 24.7 Å². The van der Waals surface area contributed by atoms with Gasteiger partial charge >= 0.3 is 0 Å². The van der Waals surface area contributed by atoms with E-state index >= 15 is 0 Å². The molecule has 1 saturated heterocycles. The van der Waals surface area contributed by atoms with Crippen molar-refractivity contribution in [1.82, 2.24) is 19.9 Å². The van der Waals surface area contributed by atoms with Gasteiger partial charge in [-0.1, -0.05) is 0 Å². The third kappa shape index (κ3) is 3.58. The van der Waals surface area contributed by atoms with Crippen molar-refractivity contribution in [3.8, 4) is 17.2 Å². The van der Waals surface area contributed by atoms with Crippen LogP contribution in [-0.2, 0) is 0 Å². The number of hydrogen-bond acceptors (Lipinski definition) is 6. The molecule has 1 aliphatic rings. The van der Waals surface area contributed by atoms with Gasteiger partial charge in [-0.05, 0) is 60.9 Å². The Morgan fingerprint density at radius 1 is 0.900 bits per heavy atom. The van der Waals surface area contributed by atoms with Crippen LogP contribution in [0.15, 0.2) is 67.3 Å². The predicted molar refractivity (Wildman–Crippen MR) is 116 cm³/mol. The van der Waals surface area contributed by atoms with Gasteiger partial charge in [0.25, 0.3) is 0 Å². The number of piperidine rings is 1. The van der Waals surface area contributed by atoms with E-state index in [9.17, 15) is 0 Å². The largest absolute Gasteiger partial charge is 0.370 e. The average Bonchev–Trinajstić information content (AvgIpc) is 2.84. The molecule has 0 atom stereocenters. The van der Waals surface area contributed by atoms with Crippen LogP contribution in [0.25, 0.3) is 22.2 Å². The highest BCUT2D eigenvalue weighted by Gasteiger charge is 2.22. The fraction of sp³-hybridized carbons (Fsp3) is 0.208. The second kappa shape index (κ2) is 7.88. The van der Waals surface area contributed by atoms with E-state index in [2.05, 4.69) is 44.1 Å². The van der Waals surface area contributed by atoms with Crippen molar-refractivity contribution < 1.29 is 0 Å². The van der Waals surface area contributed by atoms with E-state index in [4.69, 9.17) is 10.2 Å². The van der Waals surface area contributed by atoms with Gasteiger partial charge in [0.1, 0.15) is 11.8 Å². The molecule has 0 saturated carbocycles. The molecule has 0 N–H and O–H groups in total. The van der Waals surface area contributed by atoms with Crippen LogP contribution in [0.1, 0.15) is 30.1 Å². The van der Waals surface area contributed by atoms with Crippen molar-refractivity contribution in [3.63, 3.8) is 0 Å². The molecule has 0 aliphatic carbocycles. The molecular formula is C24H20N6. The molecule has 0 radical (unpaired) electrons. The number of aromatic nitrogens is 4. The summed E-state index contributed by atoms with van der Waals surface area (Å²) >= 11 is 0. The molecule has 0 bridgehead atoms. The summed E-state index contributed by atoms with van der Waals surface area (Å²) in [5, 5.41) is 9.96. The second-order valence-electron chi connectivity index (χ2n) is 7.52. The van der Waals surface area contributed by atoms with Crippen molar-refractivity contribution >= 4 is 16.7 Å². The van der Waals surface area contributed by atoms with Gasteiger partial charge in [-0.15, -0.1) is 0 Å². The van der Waals surface area contributed by atoms with Gasteiger partial charge in [0.2, 0.25) is 0 Å². The highest BCUT2D eigenvalue weighted by molar-refractivity contribution is 5.80. The summed E-state index contributed by atoms with van der Waals surface area (Å²) in [5.74, 6) is 0.429. The average molecular weight is 392 g/mol. The highest BCUT2D eigenvalue weighted by atomic mass is 15.1. The van der Waals surface area contributed by atoms with E-state index < -0.39 is 0 Å². The Balaban J connectivity index is 1.31. The third-order valence-corrected chi connectivity index (χ3v) is 5.72. The van der Waals surface area contributed by atoms with Crippen LogP contribution in [0.2, 0.25) is 0 Å². The topological polar surface area (TPSA) is 78.6 Å².